The summed E-state index contributed by atoms with van der Waals surface area (Å²) in [4.78, 5) is 28.7. The molecule has 0 aromatic heterocycles. The van der Waals surface area contributed by atoms with Crippen LogP contribution in [0.15, 0.2) is 47.5 Å². The number of halogens is 2. The third-order valence-electron chi connectivity index (χ3n) is 3.73. The van der Waals surface area contributed by atoms with Gasteiger partial charge < -0.3 is 10.6 Å². The summed E-state index contributed by atoms with van der Waals surface area (Å²) in [5.41, 5.74) is 2.26. The van der Waals surface area contributed by atoms with Gasteiger partial charge >= 0.3 is 0 Å². The van der Waals surface area contributed by atoms with Gasteiger partial charge in [0.05, 0.1) is 17.1 Å². The average Bonchev–Trinajstić information content (AvgIpc) is 2.59. The van der Waals surface area contributed by atoms with Crippen LogP contribution in [0.3, 0.4) is 0 Å². The number of hydrogen-bond donors (Lipinski definition) is 3. The maximum Gasteiger partial charge on any atom is 0.249 e. The van der Waals surface area contributed by atoms with Crippen molar-refractivity contribution in [2.75, 3.05) is 10.6 Å². The molecule has 0 saturated carbocycles. The van der Waals surface area contributed by atoms with Gasteiger partial charge in [0, 0.05) is 10.7 Å². The number of rotatable bonds is 3. The highest BCUT2D eigenvalue weighted by atomic mass is 35.5. The van der Waals surface area contributed by atoms with Crippen LogP contribution in [0, 0.1) is 6.92 Å². The summed E-state index contributed by atoms with van der Waals surface area (Å²) in [5, 5.41) is 9.13. The molecule has 1 aliphatic heterocycles. The number of nitrogens with zero attached hydrogens (tertiary/aromatic N) is 1. The van der Waals surface area contributed by atoms with Crippen LogP contribution in [0.5, 0.6) is 0 Å². The smallest absolute Gasteiger partial charge is 0.249 e. The maximum absolute atomic E-state index is 12.4. The lowest BCUT2D eigenvalue weighted by Gasteiger charge is -2.21. The number of nitrogens with one attached hydrogen (secondary N) is 3. The highest BCUT2D eigenvalue weighted by Crippen LogP contribution is 2.25. The Morgan fingerprint density at radius 3 is 2.62 bits per heavy atom. The predicted molar refractivity (Wildman–Crippen MR) is 104 cm³/mol. The minimum atomic E-state index is -0.835. The summed E-state index contributed by atoms with van der Waals surface area (Å²) >= 11 is 12.0. The lowest BCUT2D eigenvalue weighted by Crippen LogP contribution is -2.45. The molecule has 0 saturated heterocycles. The molecule has 2 aromatic rings. The first-order valence-electron chi connectivity index (χ1n) is 7.88. The van der Waals surface area contributed by atoms with Crippen LogP contribution in [-0.4, -0.2) is 23.8 Å². The molecule has 26 heavy (non-hydrogen) atoms. The van der Waals surface area contributed by atoms with Crippen LogP contribution in [0.25, 0.3) is 0 Å². The van der Waals surface area contributed by atoms with E-state index in [1.54, 1.807) is 30.3 Å². The zero-order valence-electron chi connectivity index (χ0n) is 13.8. The largest absolute Gasteiger partial charge is 0.325 e. The van der Waals surface area contributed by atoms with E-state index in [0.717, 1.165) is 5.56 Å². The Bertz CT molecular complexity index is 881. The number of anilines is 2. The van der Waals surface area contributed by atoms with E-state index in [9.17, 15) is 9.59 Å². The zero-order chi connectivity index (χ0) is 18.7. The topological polar surface area (TPSA) is 82.6 Å². The van der Waals surface area contributed by atoms with Crippen molar-refractivity contribution in [3.63, 3.8) is 0 Å². The molecule has 0 radical (unpaired) electrons. The Morgan fingerprint density at radius 1 is 1.19 bits per heavy atom. The summed E-state index contributed by atoms with van der Waals surface area (Å²) in [6.45, 7) is 1.96. The molecule has 1 aliphatic rings. The highest BCUT2D eigenvalue weighted by molar-refractivity contribution is 6.36. The van der Waals surface area contributed by atoms with Gasteiger partial charge in [0.15, 0.2) is 0 Å². The molecule has 0 spiro atoms. The standard InChI is InChI=1S/C18H16Cl2N4O2/c1-10-2-5-12(6-3-10)21-17(26)15-9-16(25)24-18(23-15)22-14-7-4-11(19)8-13(14)20/h2-8,15H,9H2,1H3,(H,21,26)(H2,22,23,24,25)/t15-/m0/s1. The van der Waals surface area contributed by atoms with Gasteiger partial charge in [-0.2, -0.15) is 0 Å². The molecule has 3 rings (SSSR count). The maximum atomic E-state index is 12.4. The number of amides is 2. The lowest BCUT2D eigenvalue weighted by atomic mass is 10.1. The van der Waals surface area contributed by atoms with Gasteiger partial charge in [-0.3, -0.25) is 14.9 Å². The second kappa shape index (κ2) is 7.76. The van der Waals surface area contributed by atoms with Crippen LogP contribution >= 0.6 is 23.2 Å². The second-order valence-corrected chi connectivity index (χ2v) is 6.69. The zero-order valence-corrected chi connectivity index (χ0v) is 15.4. The lowest BCUT2D eigenvalue weighted by molar-refractivity contribution is -0.124. The van der Waals surface area contributed by atoms with E-state index in [-0.39, 0.29) is 24.2 Å². The number of benzene rings is 2. The van der Waals surface area contributed by atoms with Crippen molar-refractivity contribution in [1.29, 1.82) is 0 Å². The molecule has 6 nitrogen and oxygen atoms in total. The first-order chi connectivity index (χ1) is 12.4. The summed E-state index contributed by atoms with van der Waals surface area (Å²) in [7, 11) is 0. The van der Waals surface area contributed by atoms with Gasteiger partial charge in [0.2, 0.25) is 17.8 Å². The molecule has 2 aromatic carbocycles. The third kappa shape index (κ3) is 4.53. The number of aliphatic imine (C=N–C) groups is 1. The van der Waals surface area contributed by atoms with Crippen molar-refractivity contribution >= 4 is 52.4 Å². The molecule has 2 amide bonds. The monoisotopic (exact) mass is 390 g/mol. The van der Waals surface area contributed by atoms with Crippen molar-refractivity contribution in [2.24, 2.45) is 4.99 Å². The van der Waals surface area contributed by atoms with Gasteiger partial charge in [-0.1, -0.05) is 40.9 Å². The number of aryl methyl sites for hydroxylation is 1. The van der Waals surface area contributed by atoms with Crippen molar-refractivity contribution in [2.45, 2.75) is 19.4 Å². The Hall–Kier alpha value is -2.57. The average molecular weight is 391 g/mol. The molecule has 8 heteroatoms. The van der Waals surface area contributed by atoms with E-state index >= 15 is 0 Å². The minimum Gasteiger partial charge on any atom is -0.325 e. The molecule has 0 aliphatic carbocycles. The quantitative estimate of drug-likeness (QED) is 0.748. The Kier molecular flexibility index (Phi) is 5.44. The molecule has 134 valence electrons. The Balaban J connectivity index is 1.74. The van der Waals surface area contributed by atoms with E-state index in [1.165, 1.54) is 0 Å². The number of guanidine groups is 1. The Labute approximate surface area is 160 Å². The fraction of sp³-hybridized carbons (Fsp3) is 0.167. The van der Waals surface area contributed by atoms with E-state index in [0.29, 0.717) is 21.4 Å². The van der Waals surface area contributed by atoms with Gasteiger partial charge in [0.1, 0.15) is 6.04 Å². The first-order valence-corrected chi connectivity index (χ1v) is 8.63. The van der Waals surface area contributed by atoms with Crippen LogP contribution < -0.4 is 16.0 Å². The van der Waals surface area contributed by atoms with E-state index in [2.05, 4.69) is 20.9 Å². The molecular formula is C18H16Cl2N4O2. The van der Waals surface area contributed by atoms with Crippen molar-refractivity contribution in [1.82, 2.24) is 5.32 Å². The van der Waals surface area contributed by atoms with Crippen LogP contribution in [-0.2, 0) is 9.59 Å². The third-order valence-corrected chi connectivity index (χ3v) is 4.28. The normalized spacial score (nSPS) is 16.5. The van der Waals surface area contributed by atoms with Crippen molar-refractivity contribution < 1.29 is 9.59 Å². The summed E-state index contributed by atoms with van der Waals surface area (Å²) in [6.07, 6.45) is -0.0305. The van der Waals surface area contributed by atoms with Crippen molar-refractivity contribution in [3.05, 3.63) is 58.1 Å². The van der Waals surface area contributed by atoms with Crippen LogP contribution in [0.4, 0.5) is 11.4 Å². The highest BCUT2D eigenvalue weighted by Gasteiger charge is 2.27. The SMILES string of the molecule is Cc1ccc(NC(=O)[C@@H]2CC(=O)NC(Nc3ccc(Cl)cc3Cl)=N2)cc1. The first kappa shape index (κ1) is 18.2. The van der Waals surface area contributed by atoms with Gasteiger partial charge in [-0.25, -0.2) is 4.99 Å². The molecule has 3 N–H and O–H groups in total. The number of carbonyl (C=O) groups excluding carboxylic acids is 2. The van der Waals surface area contributed by atoms with Crippen LogP contribution in [0.2, 0.25) is 10.0 Å². The molecule has 0 bridgehead atoms. The van der Waals surface area contributed by atoms with Gasteiger partial charge in [-0.05, 0) is 37.3 Å². The molecular weight excluding hydrogens is 375 g/mol. The molecule has 0 fully saturated rings. The molecule has 1 heterocycles. The molecule has 0 unspecified atom stereocenters. The predicted octanol–water partition coefficient (Wildman–Crippen LogP) is 3.60. The van der Waals surface area contributed by atoms with E-state index in [4.69, 9.17) is 23.2 Å². The van der Waals surface area contributed by atoms with Gasteiger partial charge in [0.25, 0.3) is 0 Å². The van der Waals surface area contributed by atoms with E-state index < -0.39 is 6.04 Å². The molecule has 1 atom stereocenters. The fourth-order valence-corrected chi connectivity index (χ4v) is 2.84. The number of carbonyl (C=O) groups is 2. The number of hydrogen-bond acceptors (Lipinski definition) is 4. The van der Waals surface area contributed by atoms with Gasteiger partial charge in [-0.15, -0.1) is 0 Å². The Morgan fingerprint density at radius 2 is 1.92 bits per heavy atom. The minimum absolute atomic E-state index is 0.0305. The summed E-state index contributed by atoms with van der Waals surface area (Å²) in [5.74, 6) is -0.503. The second-order valence-electron chi connectivity index (χ2n) is 5.85. The van der Waals surface area contributed by atoms with E-state index in [1.807, 2.05) is 19.1 Å². The fourth-order valence-electron chi connectivity index (χ4n) is 2.39. The summed E-state index contributed by atoms with van der Waals surface area (Å²) < 4.78 is 0. The summed E-state index contributed by atoms with van der Waals surface area (Å²) in [6, 6.07) is 11.4. The van der Waals surface area contributed by atoms with Crippen molar-refractivity contribution in [3.8, 4) is 0 Å². The van der Waals surface area contributed by atoms with Crippen LogP contribution in [0.1, 0.15) is 12.0 Å².